The van der Waals surface area contributed by atoms with E-state index in [1.807, 2.05) is 0 Å². The van der Waals surface area contributed by atoms with Gasteiger partial charge in [0.15, 0.2) is 11.9 Å². The number of benzene rings is 1. The molecule has 54 heavy (non-hydrogen) atoms. The van der Waals surface area contributed by atoms with Crippen LogP contribution in [-0.4, -0.2) is 96.0 Å². The molecule has 0 spiro atoms. The maximum atomic E-state index is 14.6. The molecule has 3 saturated heterocycles. The number of hydrogen-bond acceptors (Lipinski definition) is 15. The fraction of sp³-hybridized carbons (Fsp3) is 0.583. The Labute approximate surface area is 313 Å². The molecule has 3 aliphatic heterocycles. The molecule has 0 bridgehead atoms. The molecule has 6 rings (SSSR count). The molecule has 2 aromatic heterocycles. The van der Waals surface area contributed by atoms with E-state index < -0.39 is 73.5 Å². The summed E-state index contributed by atoms with van der Waals surface area (Å²) in [5.41, 5.74) is 3.48. The van der Waals surface area contributed by atoms with Crippen LogP contribution in [0.15, 0.2) is 48.8 Å². The van der Waals surface area contributed by atoms with Crippen molar-refractivity contribution in [1.82, 2.24) is 19.7 Å². The zero-order chi connectivity index (χ0) is 38.5. The Hall–Kier alpha value is -4.12. The van der Waals surface area contributed by atoms with Crippen LogP contribution < -0.4 is 15.3 Å². The van der Waals surface area contributed by atoms with E-state index in [1.54, 1.807) is 63.2 Å². The molecule has 0 unspecified atom stereocenters. The number of rotatable bonds is 14. The molecule has 0 aliphatic carbocycles. The van der Waals surface area contributed by atoms with Gasteiger partial charge in [-0.05, 0) is 77.6 Å². The molecule has 1 aromatic carbocycles. The highest BCUT2D eigenvalue weighted by Crippen LogP contribution is 2.51. The second-order valence-corrected chi connectivity index (χ2v) is 15.9. The van der Waals surface area contributed by atoms with Crippen molar-refractivity contribution in [3.8, 4) is 5.75 Å². The molecular weight excluding hydrogens is 725 g/mol. The van der Waals surface area contributed by atoms with Crippen molar-refractivity contribution in [2.24, 2.45) is 11.8 Å². The number of aromatic nitrogens is 3. The first kappa shape index (κ1) is 39.6. The van der Waals surface area contributed by atoms with E-state index in [4.69, 9.17) is 43.2 Å². The lowest BCUT2D eigenvalue weighted by Crippen LogP contribution is -2.55. The SMILES string of the molecule is CC(C)OC(=O)[C@H](C)N[P@](=O)(OC[C@@]1(C)OC[C@](OC(=O)C2CCOCC2)(c2ccc3c(N)ncnn23)[C@@H]1OC(=O)C1CCOCC1)Oc1ccccc1. The zero-order valence-electron chi connectivity index (χ0n) is 30.8. The molecule has 5 atom stereocenters. The van der Waals surface area contributed by atoms with Gasteiger partial charge >= 0.3 is 25.7 Å². The number of nitrogens with zero attached hydrogens (tertiary/aromatic N) is 3. The Kier molecular flexibility index (Phi) is 12.2. The molecule has 3 fully saturated rings. The molecule has 3 N–H and O–H groups in total. The van der Waals surface area contributed by atoms with Crippen molar-refractivity contribution in [3.05, 3.63) is 54.5 Å². The Bertz CT molecular complexity index is 1830. The monoisotopic (exact) mass is 773 g/mol. The van der Waals surface area contributed by atoms with Crippen molar-refractivity contribution >= 4 is 37.0 Å². The van der Waals surface area contributed by atoms with Crippen LogP contribution in [0.5, 0.6) is 5.75 Å². The number of carbonyl (C=O) groups is 3. The predicted octanol–water partition coefficient (Wildman–Crippen LogP) is 3.74. The zero-order valence-corrected chi connectivity index (χ0v) is 31.7. The number of esters is 3. The van der Waals surface area contributed by atoms with E-state index in [2.05, 4.69) is 15.2 Å². The molecule has 0 saturated carbocycles. The Morgan fingerprint density at radius 2 is 1.63 bits per heavy atom. The van der Waals surface area contributed by atoms with E-state index in [-0.39, 0.29) is 18.2 Å². The summed E-state index contributed by atoms with van der Waals surface area (Å²) in [6.07, 6.45) is 1.12. The highest BCUT2D eigenvalue weighted by Gasteiger charge is 2.65. The standard InChI is InChI=1S/C36H48N5O12P/c1-23(2)50-31(42)24(3)40-54(45,53-27-8-6-5-7-9-27)49-20-35(4)34(51-32(43)25-12-16-46-17-13-25)36(21-48-35,52-33(44)26-14-18-47-19-15-26)29-11-10-28-30(37)38-22-39-41(28)29/h5-11,22-26,34H,12-21H2,1-4H3,(H,40,45)(H2,37,38,39)/t24-,34+,35+,36-,54-/m0/s1. The lowest BCUT2D eigenvalue weighted by molar-refractivity contribution is -0.197. The van der Waals surface area contributed by atoms with Crippen LogP contribution in [0, 0.1) is 11.8 Å². The third-order valence-electron chi connectivity index (χ3n) is 9.68. The summed E-state index contributed by atoms with van der Waals surface area (Å²) in [6, 6.07) is 10.5. The molecule has 3 aromatic rings. The van der Waals surface area contributed by atoms with Gasteiger partial charge in [-0.15, -0.1) is 0 Å². The van der Waals surface area contributed by atoms with Crippen LogP contribution in [0.1, 0.15) is 59.1 Å². The Balaban J connectivity index is 1.40. The summed E-state index contributed by atoms with van der Waals surface area (Å²) in [4.78, 5) is 45.0. The number of carbonyl (C=O) groups excluding carboxylic acids is 3. The average Bonchev–Trinajstić information content (AvgIpc) is 3.72. The summed E-state index contributed by atoms with van der Waals surface area (Å²) in [5.74, 6) is -2.46. The number of nitrogen functional groups attached to an aromatic ring is 1. The topological polar surface area (TPSA) is 210 Å². The van der Waals surface area contributed by atoms with Gasteiger partial charge < -0.3 is 38.7 Å². The first-order chi connectivity index (χ1) is 25.8. The van der Waals surface area contributed by atoms with Gasteiger partial charge in [-0.1, -0.05) is 18.2 Å². The van der Waals surface area contributed by atoms with Crippen molar-refractivity contribution < 1.29 is 56.4 Å². The molecular formula is C36H48N5O12P. The molecule has 3 aliphatic rings. The van der Waals surface area contributed by atoms with E-state index in [0.717, 1.165) is 0 Å². The van der Waals surface area contributed by atoms with Crippen molar-refractivity contribution in [3.63, 3.8) is 0 Å². The number of para-hydroxylation sites is 1. The smallest absolute Gasteiger partial charge is 0.459 e. The van der Waals surface area contributed by atoms with Crippen LogP contribution in [0.3, 0.4) is 0 Å². The van der Waals surface area contributed by atoms with Crippen molar-refractivity contribution in [2.75, 3.05) is 45.4 Å². The fourth-order valence-electron chi connectivity index (χ4n) is 6.76. The van der Waals surface area contributed by atoms with Gasteiger partial charge in [0.1, 0.15) is 29.2 Å². The molecule has 294 valence electrons. The van der Waals surface area contributed by atoms with Gasteiger partial charge in [0, 0.05) is 26.4 Å². The summed E-state index contributed by atoms with van der Waals surface area (Å²) >= 11 is 0. The van der Waals surface area contributed by atoms with E-state index in [1.165, 1.54) is 17.8 Å². The lowest BCUT2D eigenvalue weighted by atomic mass is 9.85. The number of ether oxygens (including phenoxy) is 6. The fourth-order valence-corrected chi connectivity index (χ4v) is 8.35. The number of anilines is 1. The van der Waals surface area contributed by atoms with Gasteiger partial charge in [-0.2, -0.15) is 10.2 Å². The highest BCUT2D eigenvalue weighted by atomic mass is 31.2. The van der Waals surface area contributed by atoms with E-state index >= 15 is 0 Å². The van der Waals surface area contributed by atoms with Crippen molar-refractivity contribution in [1.29, 1.82) is 0 Å². The minimum atomic E-state index is -4.43. The van der Waals surface area contributed by atoms with Crippen LogP contribution in [0.25, 0.3) is 5.52 Å². The maximum absolute atomic E-state index is 14.6. The van der Waals surface area contributed by atoms with Crippen LogP contribution in [-0.2, 0) is 57.5 Å². The second kappa shape index (κ2) is 16.7. The highest BCUT2D eigenvalue weighted by molar-refractivity contribution is 7.52. The summed E-state index contributed by atoms with van der Waals surface area (Å²) < 4.78 is 63.7. The normalized spacial score (nSPS) is 25.5. The largest absolute Gasteiger partial charge is 0.462 e. The first-order valence-corrected chi connectivity index (χ1v) is 19.7. The molecule has 0 amide bonds. The third kappa shape index (κ3) is 8.72. The average molecular weight is 774 g/mol. The number of nitrogens with two attached hydrogens (primary N) is 1. The number of nitrogens with one attached hydrogen (secondary N) is 1. The van der Waals surface area contributed by atoms with E-state index in [0.29, 0.717) is 63.3 Å². The number of fused-ring (bicyclic) bond motifs is 1. The van der Waals surface area contributed by atoms with Crippen LogP contribution >= 0.6 is 7.75 Å². The first-order valence-electron chi connectivity index (χ1n) is 18.1. The molecule has 5 heterocycles. The van der Waals surface area contributed by atoms with Crippen LogP contribution in [0.4, 0.5) is 5.82 Å². The number of hydrogen-bond donors (Lipinski definition) is 2. The lowest BCUT2D eigenvalue weighted by Gasteiger charge is -2.39. The van der Waals surface area contributed by atoms with Crippen molar-refractivity contribution in [2.45, 2.75) is 82.8 Å². The van der Waals surface area contributed by atoms with Gasteiger partial charge in [0.05, 0.1) is 36.8 Å². The summed E-state index contributed by atoms with van der Waals surface area (Å²) in [5, 5.41) is 7.09. The Morgan fingerprint density at radius 3 is 2.28 bits per heavy atom. The summed E-state index contributed by atoms with van der Waals surface area (Å²) in [6.45, 7) is 7.09. The minimum absolute atomic E-state index is 0.165. The van der Waals surface area contributed by atoms with Gasteiger partial charge in [-0.25, -0.2) is 14.1 Å². The van der Waals surface area contributed by atoms with Gasteiger partial charge in [0.2, 0.25) is 5.60 Å². The molecule has 0 radical (unpaired) electrons. The maximum Gasteiger partial charge on any atom is 0.459 e. The summed E-state index contributed by atoms with van der Waals surface area (Å²) in [7, 11) is -4.43. The second-order valence-electron chi connectivity index (χ2n) is 14.2. The quantitative estimate of drug-likeness (QED) is 0.136. The Morgan fingerprint density at radius 1 is 0.981 bits per heavy atom. The minimum Gasteiger partial charge on any atom is -0.462 e. The van der Waals surface area contributed by atoms with Gasteiger partial charge in [0.25, 0.3) is 0 Å². The molecule has 18 heteroatoms. The molecule has 17 nitrogen and oxygen atoms in total. The predicted molar refractivity (Wildman–Crippen MR) is 191 cm³/mol. The van der Waals surface area contributed by atoms with E-state index in [9.17, 15) is 18.9 Å². The third-order valence-corrected chi connectivity index (χ3v) is 11.3. The van der Waals surface area contributed by atoms with Gasteiger partial charge in [-0.3, -0.25) is 18.9 Å². The van der Waals surface area contributed by atoms with Crippen LogP contribution in [0.2, 0.25) is 0 Å².